The van der Waals surface area contributed by atoms with Crippen molar-refractivity contribution in [2.24, 2.45) is 10.9 Å². The molecule has 0 aromatic carbocycles. The first-order valence-electron chi connectivity index (χ1n) is 10.2. The van der Waals surface area contributed by atoms with E-state index in [1.165, 1.54) is 25.9 Å². The molecule has 7 heteroatoms. The molecule has 0 unspecified atom stereocenters. The topological polar surface area (TPSA) is 78.0 Å². The lowest BCUT2D eigenvalue weighted by Crippen LogP contribution is -2.54. The number of hydrogen-bond donors (Lipinski definition) is 3. The molecule has 1 amide bonds. The first-order chi connectivity index (χ1) is 12.5. The summed E-state index contributed by atoms with van der Waals surface area (Å²) in [5.41, 5.74) is -0.953. The fraction of sp³-hybridized carbons (Fsp3) is 0.900. The van der Waals surface area contributed by atoms with Crippen molar-refractivity contribution in [3.05, 3.63) is 0 Å². The van der Waals surface area contributed by atoms with Crippen LogP contribution in [0.1, 0.15) is 60.8 Å². The summed E-state index contributed by atoms with van der Waals surface area (Å²) < 4.78 is 5.33. The van der Waals surface area contributed by atoms with Gasteiger partial charge in [0.1, 0.15) is 5.60 Å². The largest absolute Gasteiger partial charge is 0.444 e. The average Bonchev–Trinajstić information content (AvgIpc) is 2.56. The van der Waals surface area contributed by atoms with Gasteiger partial charge in [0.05, 0.1) is 5.54 Å². The molecular formula is C20H41N5O2. The van der Waals surface area contributed by atoms with Gasteiger partial charge in [0.2, 0.25) is 0 Å². The van der Waals surface area contributed by atoms with E-state index in [2.05, 4.69) is 32.8 Å². The van der Waals surface area contributed by atoms with E-state index in [1.54, 1.807) is 7.05 Å². The third-order valence-electron chi connectivity index (χ3n) is 4.76. The van der Waals surface area contributed by atoms with Crippen LogP contribution in [0.15, 0.2) is 4.99 Å². The number of guanidine groups is 1. The monoisotopic (exact) mass is 383 g/mol. The fourth-order valence-electron chi connectivity index (χ4n) is 3.14. The molecule has 0 aromatic heterocycles. The van der Waals surface area contributed by atoms with Gasteiger partial charge in [0.15, 0.2) is 5.96 Å². The number of carbonyl (C=O) groups excluding carboxylic acids is 1. The lowest BCUT2D eigenvalue weighted by Gasteiger charge is -2.31. The molecule has 1 fully saturated rings. The first kappa shape index (κ1) is 23.5. The van der Waals surface area contributed by atoms with Crippen LogP contribution in [0.3, 0.4) is 0 Å². The summed E-state index contributed by atoms with van der Waals surface area (Å²) in [7, 11) is 1.77. The summed E-state index contributed by atoms with van der Waals surface area (Å²) in [6.45, 7) is 16.8. The first-order valence-corrected chi connectivity index (χ1v) is 10.2. The Morgan fingerprint density at radius 1 is 1.15 bits per heavy atom. The molecule has 0 atom stereocenters. The second-order valence-electron chi connectivity index (χ2n) is 9.03. The van der Waals surface area contributed by atoms with E-state index in [4.69, 9.17) is 4.74 Å². The Bertz CT molecular complexity index is 477. The molecule has 1 saturated heterocycles. The Morgan fingerprint density at radius 3 is 2.30 bits per heavy atom. The lowest BCUT2D eigenvalue weighted by atomic mass is 9.93. The molecule has 0 aromatic rings. The zero-order chi connectivity index (χ0) is 20.5. The van der Waals surface area contributed by atoms with Gasteiger partial charge in [-0.1, -0.05) is 6.92 Å². The number of rotatable bonds is 7. The van der Waals surface area contributed by atoms with Crippen LogP contribution < -0.4 is 16.0 Å². The Labute approximate surface area is 165 Å². The van der Waals surface area contributed by atoms with Crippen LogP contribution in [0.4, 0.5) is 4.79 Å². The zero-order valence-corrected chi connectivity index (χ0v) is 18.4. The minimum atomic E-state index is -0.502. The smallest absolute Gasteiger partial charge is 0.408 e. The second kappa shape index (κ2) is 10.7. The highest BCUT2D eigenvalue weighted by Gasteiger charge is 2.25. The molecule has 0 radical (unpaired) electrons. The Morgan fingerprint density at radius 2 is 1.78 bits per heavy atom. The number of amides is 1. The molecule has 3 N–H and O–H groups in total. The number of piperidine rings is 1. The molecule has 1 rings (SSSR count). The van der Waals surface area contributed by atoms with Gasteiger partial charge in [-0.25, -0.2) is 4.79 Å². The van der Waals surface area contributed by atoms with E-state index < -0.39 is 17.2 Å². The molecule has 158 valence electrons. The Hall–Kier alpha value is -1.50. The van der Waals surface area contributed by atoms with Crippen molar-refractivity contribution in [2.45, 2.75) is 71.9 Å². The summed E-state index contributed by atoms with van der Waals surface area (Å²) in [5, 5.41) is 9.58. The van der Waals surface area contributed by atoms with Crippen molar-refractivity contribution in [1.82, 2.24) is 20.9 Å². The number of alkyl carbamates (subject to hydrolysis) is 1. The minimum Gasteiger partial charge on any atom is -0.444 e. The lowest BCUT2D eigenvalue weighted by molar-refractivity contribution is 0.0474. The molecule has 0 bridgehead atoms. The molecular weight excluding hydrogens is 342 g/mol. The SMILES string of the molecule is CCN1CCC(CCNC(=NC)NCC(C)(C)NC(=O)OC(C)(C)C)CC1. The minimum absolute atomic E-state index is 0.407. The maximum absolute atomic E-state index is 12.0. The second-order valence-corrected chi connectivity index (χ2v) is 9.03. The molecule has 0 aliphatic carbocycles. The number of hydrogen-bond acceptors (Lipinski definition) is 4. The van der Waals surface area contributed by atoms with E-state index in [1.807, 2.05) is 34.6 Å². The van der Waals surface area contributed by atoms with Gasteiger partial charge in [-0.15, -0.1) is 0 Å². The summed E-state index contributed by atoms with van der Waals surface area (Å²) in [5.74, 6) is 1.56. The molecule has 0 saturated carbocycles. The summed E-state index contributed by atoms with van der Waals surface area (Å²) in [4.78, 5) is 18.8. The number of ether oxygens (including phenoxy) is 1. The highest BCUT2D eigenvalue weighted by molar-refractivity contribution is 5.79. The van der Waals surface area contributed by atoms with Gasteiger partial charge in [0, 0.05) is 20.1 Å². The van der Waals surface area contributed by atoms with Crippen LogP contribution >= 0.6 is 0 Å². The van der Waals surface area contributed by atoms with Crippen LogP contribution in [-0.4, -0.2) is 67.9 Å². The van der Waals surface area contributed by atoms with Crippen LogP contribution in [-0.2, 0) is 4.74 Å². The van der Waals surface area contributed by atoms with E-state index in [0.717, 1.165) is 31.4 Å². The number of likely N-dealkylation sites (tertiary alicyclic amines) is 1. The van der Waals surface area contributed by atoms with E-state index >= 15 is 0 Å². The predicted molar refractivity (Wildman–Crippen MR) is 112 cm³/mol. The van der Waals surface area contributed by atoms with Crippen molar-refractivity contribution in [1.29, 1.82) is 0 Å². The fourth-order valence-corrected chi connectivity index (χ4v) is 3.14. The molecule has 0 spiro atoms. The van der Waals surface area contributed by atoms with E-state index in [0.29, 0.717) is 6.54 Å². The highest BCUT2D eigenvalue weighted by atomic mass is 16.6. The Kier molecular flexibility index (Phi) is 9.36. The standard InChI is InChI=1S/C20H41N5O2/c1-8-25-13-10-16(11-14-25)9-12-22-17(21-7)23-15-20(5,6)24-18(26)27-19(2,3)4/h16H,8-15H2,1-7H3,(H,24,26)(H2,21,22,23). The summed E-state index contributed by atoms with van der Waals surface area (Å²) >= 11 is 0. The molecule has 7 nitrogen and oxygen atoms in total. The quantitative estimate of drug-likeness (QED) is 0.465. The van der Waals surface area contributed by atoms with Crippen LogP contribution in [0, 0.1) is 5.92 Å². The van der Waals surface area contributed by atoms with Gasteiger partial charge in [-0.05, 0) is 79.4 Å². The Balaban J connectivity index is 2.29. The van der Waals surface area contributed by atoms with Crippen molar-refractivity contribution in [3.8, 4) is 0 Å². The maximum atomic E-state index is 12.0. The van der Waals surface area contributed by atoms with Gasteiger partial charge < -0.3 is 25.6 Å². The van der Waals surface area contributed by atoms with Crippen LogP contribution in [0.5, 0.6) is 0 Å². The van der Waals surface area contributed by atoms with Crippen LogP contribution in [0.25, 0.3) is 0 Å². The van der Waals surface area contributed by atoms with E-state index in [9.17, 15) is 4.79 Å². The summed E-state index contributed by atoms with van der Waals surface area (Å²) in [6, 6.07) is 0. The van der Waals surface area contributed by atoms with Gasteiger partial charge >= 0.3 is 6.09 Å². The molecule has 1 heterocycles. The van der Waals surface area contributed by atoms with Crippen molar-refractivity contribution >= 4 is 12.1 Å². The van der Waals surface area contributed by atoms with Crippen molar-refractivity contribution in [2.75, 3.05) is 39.8 Å². The maximum Gasteiger partial charge on any atom is 0.408 e. The number of aliphatic imine (C=N–C) groups is 1. The van der Waals surface area contributed by atoms with E-state index in [-0.39, 0.29) is 0 Å². The number of nitrogens with zero attached hydrogens (tertiary/aromatic N) is 2. The zero-order valence-electron chi connectivity index (χ0n) is 18.4. The number of nitrogens with one attached hydrogen (secondary N) is 3. The number of carbonyl (C=O) groups is 1. The third kappa shape index (κ3) is 10.4. The van der Waals surface area contributed by atoms with Crippen molar-refractivity contribution in [3.63, 3.8) is 0 Å². The highest BCUT2D eigenvalue weighted by Crippen LogP contribution is 2.19. The van der Waals surface area contributed by atoms with Gasteiger partial charge in [-0.2, -0.15) is 0 Å². The molecule has 1 aliphatic heterocycles. The van der Waals surface area contributed by atoms with Crippen molar-refractivity contribution < 1.29 is 9.53 Å². The van der Waals surface area contributed by atoms with Crippen LogP contribution in [0.2, 0.25) is 0 Å². The molecule has 1 aliphatic rings. The summed E-state index contributed by atoms with van der Waals surface area (Å²) in [6.07, 6.45) is 3.33. The van der Waals surface area contributed by atoms with Gasteiger partial charge in [-0.3, -0.25) is 4.99 Å². The third-order valence-corrected chi connectivity index (χ3v) is 4.76. The predicted octanol–water partition coefficient (Wildman–Crippen LogP) is 2.58. The van der Waals surface area contributed by atoms with Gasteiger partial charge in [0.25, 0.3) is 0 Å². The molecule has 27 heavy (non-hydrogen) atoms. The normalized spacial score (nSPS) is 17.5. The average molecular weight is 384 g/mol.